The summed E-state index contributed by atoms with van der Waals surface area (Å²) in [7, 11) is -2.89. The zero-order valence-corrected chi connectivity index (χ0v) is 11.8. The molecule has 0 fully saturated rings. The van der Waals surface area contributed by atoms with Crippen LogP contribution < -0.4 is 11.3 Å². The summed E-state index contributed by atoms with van der Waals surface area (Å²) in [6, 6.07) is 3.56. The van der Waals surface area contributed by atoms with Crippen LogP contribution in [-0.2, 0) is 15.6 Å². The van der Waals surface area contributed by atoms with Crippen LogP contribution >= 0.6 is 23.1 Å². The van der Waals surface area contributed by atoms with Gasteiger partial charge in [0.15, 0.2) is 0 Å². The summed E-state index contributed by atoms with van der Waals surface area (Å²) in [6.07, 6.45) is 1.22. The number of rotatable bonds is 6. The molecule has 17 heavy (non-hydrogen) atoms. The van der Waals surface area contributed by atoms with Crippen molar-refractivity contribution in [3.05, 3.63) is 21.9 Å². The predicted octanol–water partition coefficient (Wildman–Crippen LogP) is 0.629. The Morgan fingerprint density at radius 1 is 1.53 bits per heavy atom. The zero-order chi connectivity index (χ0) is 12.9. The minimum atomic E-state index is -2.89. The van der Waals surface area contributed by atoms with Gasteiger partial charge in [0.05, 0.1) is 10.6 Å². The molecule has 0 atom stereocenters. The Morgan fingerprint density at radius 2 is 2.24 bits per heavy atom. The highest BCUT2D eigenvalue weighted by molar-refractivity contribution is 8.00. The van der Waals surface area contributed by atoms with Gasteiger partial charge in [-0.2, -0.15) is 11.8 Å². The van der Waals surface area contributed by atoms with Crippen molar-refractivity contribution in [3.8, 4) is 0 Å². The number of thioether (sulfide) groups is 1. The highest BCUT2D eigenvalue weighted by atomic mass is 32.2. The molecule has 0 unspecified atom stereocenters. The van der Waals surface area contributed by atoms with Crippen LogP contribution in [0.4, 0.5) is 0 Å². The predicted molar refractivity (Wildman–Crippen MR) is 71.8 cm³/mol. The highest BCUT2D eigenvalue weighted by Crippen LogP contribution is 2.21. The number of carbonyl (C=O) groups excluding carboxylic acids is 1. The lowest BCUT2D eigenvalue weighted by molar-refractivity contribution is 0.0957. The van der Waals surface area contributed by atoms with Gasteiger partial charge in [-0.3, -0.25) is 10.2 Å². The van der Waals surface area contributed by atoms with Crippen LogP contribution in [-0.4, -0.2) is 32.1 Å². The second kappa shape index (κ2) is 6.39. The monoisotopic (exact) mass is 294 g/mol. The number of nitrogens with two attached hydrogens (primary N) is 1. The summed E-state index contributed by atoms with van der Waals surface area (Å²) in [5, 5.41) is 0. The maximum absolute atomic E-state index is 11.2. The van der Waals surface area contributed by atoms with Gasteiger partial charge in [-0.25, -0.2) is 14.3 Å². The third-order valence-electron chi connectivity index (χ3n) is 1.86. The topological polar surface area (TPSA) is 89.3 Å². The molecule has 5 nitrogen and oxygen atoms in total. The molecule has 1 aromatic heterocycles. The number of thiophene rings is 1. The van der Waals surface area contributed by atoms with Crippen LogP contribution in [0.1, 0.15) is 14.5 Å². The summed E-state index contributed by atoms with van der Waals surface area (Å²) < 4.78 is 21.8. The van der Waals surface area contributed by atoms with Crippen molar-refractivity contribution in [3.63, 3.8) is 0 Å². The number of hydrogen-bond donors (Lipinski definition) is 2. The first-order valence-electron chi connectivity index (χ1n) is 4.77. The number of nitrogen functional groups attached to an aromatic ring is 1. The maximum atomic E-state index is 11.2. The summed E-state index contributed by atoms with van der Waals surface area (Å²) >= 11 is 2.90. The van der Waals surface area contributed by atoms with Crippen LogP contribution in [0.25, 0.3) is 0 Å². The van der Waals surface area contributed by atoms with Gasteiger partial charge in [0.25, 0.3) is 5.91 Å². The van der Waals surface area contributed by atoms with Gasteiger partial charge in [0, 0.05) is 22.6 Å². The van der Waals surface area contributed by atoms with Gasteiger partial charge in [-0.1, -0.05) is 0 Å². The van der Waals surface area contributed by atoms with Crippen molar-refractivity contribution in [2.24, 2.45) is 5.84 Å². The fourth-order valence-corrected chi connectivity index (χ4v) is 4.35. The molecule has 1 heterocycles. The Kier molecular flexibility index (Phi) is 5.44. The van der Waals surface area contributed by atoms with E-state index in [2.05, 4.69) is 5.43 Å². The standard InChI is InChI=1S/C9H14N2O3S3/c1-17(13,14)5-4-15-6-7-2-3-8(16-7)9(12)11-10/h2-3H,4-6,10H2,1H3,(H,11,12). The van der Waals surface area contributed by atoms with E-state index < -0.39 is 9.84 Å². The lowest BCUT2D eigenvalue weighted by Gasteiger charge is -1.98. The van der Waals surface area contributed by atoms with Crippen LogP contribution in [0.2, 0.25) is 0 Å². The lowest BCUT2D eigenvalue weighted by atomic mass is 10.4. The third-order valence-corrected chi connectivity index (χ3v) is 5.34. The lowest BCUT2D eigenvalue weighted by Crippen LogP contribution is -2.29. The van der Waals surface area contributed by atoms with Crippen molar-refractivity contribution in [2.45, 2.75) is 5.75 Å². The third kappa shape index (κ3) is 5.53. The molecule has 3 N–H and O–H groups in total. The van der Waals surface area contributed by atoms with Gasteiger partial charge >= 0.3 is 0 Å². The number of nitrogens with one attached hydrogen (secondary N) is 1. The first kappa shape index (κ1) is 14.5. The Morgan fingerprint density at radius 3 is 2.82 bits per heavy atom. The zero-order valence-electron chi connectivity index (χ0n) is 9.30. The van der Waals surface area contributed by atoms with Gasteiger partial charge in [0.1, 0.15) is 9.84 Å². The summed E-state index contributed by atoms with van der Waals surface area (Å²) in [5.74, 6) is 6.17. The van der Waals surface area contributed by atoms with Crippen molar-refractivity contribution < 1.29 is 13.2 Å². The normalized spacial score (nSPS) is 11.4. The fourth-order valence-electron chi connectivity index (χ4n) is 1.03. The fraction of sp³-hybridized carbons (Fsp3) is 0.444. The molecule has 1 aromatic rings. The first-order valence-corrected chi connectivity index (χ1v) is 8.80. The molecule has 0 bridgehead atoms. The van der Waals surface area contributed by atoms with E-state index in [1.54, 1.807) is 6.07 Å². The molecule has 1 rings (SSSR count). The number of carbonyl (C=O) groups is 1. The summed E-state index contributed by atoms with van der Waals surface area (Å²) in [6.45, 7) is 0. The van der Waals surface area contributed by atoms with Crippen LogP contribution in [0, 0.1) is 0 Å². The molecule has 8 heteroatoms. The van der Waals surface area contributed by atoms with Crippen LogP contribution in [0.15, 0.2) is 12.1 Å². The molecule has 0 saturated carbocycles. The second-order valence-electron chi connectivity index (χ2n) is 3.42. The van der Waals surface area contributed by atoms with E-state index in [4.69, 9.17) is 5.84 Å². The molecular formula is C9H14N2O3S3. The van der Waals surface area contributed by atoms with Crippen LogP contribution in [0.3, 0.4) is 0 Å². The Balaban J connectivity index is 2.38. The Hall–Kier alpha value is -0.570. The van der Waals surface area contributed by atoms with Gasteiger partial charge in [-0.15, -0.1) is 11.3 Å². The van der Waals surface area contributed by atoms with E-state index in [-0.39, 0.29) is 11.7 Å². The Labute approximate surface area is 109 Å². The molecule has 0 spiro atoms. The van der Waals surface area contributed by atoms with E-state index in [0.29, 0.717) is 16.4 Å². The maximum Gasteiger partial charge on any atom is 0.275 e. The van der Waals surface area contributed by atoms with E-state index in [9.17, 15) is 13.2 Å². The molecule has 0 aliphatic rings. The van der Waals surface area contributed by atoms with Crippen molar-refractivity contribution in [1.82, 2.24) is 5.43 Å². The van der Waals surface area contributed by atoms with E-state index in [1.165, 1.54) is 29.4 Å². The first-order chi connectivity index (χ1) is 7.92. The van der Waals surface area contributed by atoms with E-state index in [1.807, 2.05) is 6.07 Å². The number of hydrazine groups is 1. The minimum absolute atomic E-state index is 0.180. The summed E-state index contributed by atoms with van der Waals surface area (Å²) in [5.41, 5.74) is 2.07. The van der Waals surface area contributed by atoms with Crippen molar-refractivity contribution in [1.29, 1.82) is 0 Å². The minimum Gasteiger partial charge on any atom is -0.289 e. The molecule has 0 saturated heterocycles. The van der Waals surface area contributed by atoms with E-state index in [0.717, 1.165) is 4.88 Å². The average molecular weight is 294 g/mol. The van der Waals surface area contributed by atoms with Gasteiger partial charge in [-0.05, 0) is 12.1 Å². The van der Waals surface area contributed by atoms with Gasteiger partial charge in [0.2, 0.25) is 0 Å². The average Bonchev–Trinajstić information content (AvgIpc) is 2.70. The van der Waals surface area contributed by atoms with E-state index >= 15 is 0 Å². The smallest absolute Gasteiger partial charge is 0.275 e. The van der Waals surface area contributed by atoms with Crippen molar-refractivity contribution in [2.75, 3.05) is 17.8 Å². The van der Waals surface area contributed by atoms with Crippen molar-refractivity contribution >= 4 is 38.8 Å². The number of sulfone groups is 1. The SMILES string of the molecule is CS(=O)(=O)CCSCc1ccc(C(=O)NN)s1. The molecule has 96 valence electrons. The molecule has 0 aromatic carbocycles. The number of amides is 1. The molecule has 1 amide bonds. The number of hydrogen-bond acceptors (Lipinski definition) is 6. The van der Waals surface area contributed by atoms with Gasteiger partial charge < -0.3 is 0 Å². The molecule has 0 aliphatic carbocycles. The largest absolute Gasteiger partial charge is 0.289 e. The molecule has 0 radical (unpaired) electrons. The second-order valence-corrected chi connectivity index (χ2v) is 7.96. The highest BCUT2D eigenvalue weighted by Gasteiger charge is 2.08. The Bertz CT molecular complexity index is 481. The molecule has 0 aliphatic heterocycles. The van der Waals surface area contributed by atoms with Crippen LogP contribution in [0.5, 0.6) is 0 Å². The summed E-state index contributed by atoms with van der Waals surface area (Å²) in [4.78, 5) is 12.8. The quantitative estimate of drug-likeness (QED) is 0.348. The molecular weight excluding hydrogens is 280 g/mol.